The van der Waals surface area contributed by atoms with Crippen molar-refractivity contribution in [1.82, 2.24) is 14.8 Å². The molecule has 0 atom stereocenters. The van der Waals surface area contributed by atoms with Gasteiger partial charge < -0.3 is 9.88 Å². The number of carbonyl (C=O) groups excluding carboxylic acids is 1. The highest BCUT2D eigenvalue weighted by Crippen LogP contribution is 2.30. The number of nitrogens with zero attached hydrogens (tertiary/aromatic N) is 3. The van der Waals surface area contributed by atoms with Crippen molar-refractivity contribution in [2.24, 2.45) is 0 Å². The van der Waals surface area contributed by atoms with Crippen molar-refractivity contribution in [2.45, 2.75) is 38.1 Å². The summed E-state index contributed by atoms with van der Waals surface area (Å²) in [5, 5.41) is 11.0. The molecule has 0 saturated carbocycles. The Labute approximate surface area is 141 Å². The highest BCUT2D eigenvalue weighted by atomic mass is 32.2. The molecule has 1 N–H and O–H groups in total. The van der Waals surface area contributed by atoms with Crippen LogP contribution in [0.5, 0.6) is 0 Å². The van der Waals surface area contributed by atoms with E-state index in [0.717, 1.165) is 18.0 Å². The smallest absolute Gasteiger partial charge is 0.325 e. The van der Waals surface area contributed by atoms with Crippen LogP contribution in [0.4, 0.5) is 18.9 Å². The van der Waals surface area contributed by atoms with E-state index >= 15 is 0 Å². The maximum atomic E-state index is 12.7. The summed E-state index contributed by atoms with van der Waals surface area (Å²) in [5.74, 6) is 0.363. The summed E-state index contributed by atoms with van der Waals surface area (Å²) in [6.45, 7) is 5.77. The van der Waals surface area contributed by atoms with Gasteiger partial charge in [-0.05, 0) is 39.0 Å². The number of hydrogen-bond donors (Lipinski definition) is 1. The Kier molecular flexibility index (Phi) is 5.53. The number of halogens is 3. The summed E-state index contributed by atoms with van der Waals surface area (Å²) < 4.78 is 39.9. The molecule has 5 nitrogen and oxygen atoms in total. The third-order valence-electron chi connectivity index (χ3n) is 3.16. The van der Waals surface area contributed by atoms with Gasteiger partial charge in [-0.25, -0.2) is 0 Å². The number of thioether (sulfide) groups is 1. The summed E-state index contributed by atoms with van der Waals surface area (Å²) >= 11 is 1.19. The lowest BCUT2D eigenvalue weighted by Crippen LogP contribution is -2.16. The van der Waals surface area contributed by atoms with Crippen molar-refractivity contribution in [2.75, 3.05) is 11.1 Å². The van der Waals surface area contributed by atoms with Crippen molar-refractivity contribution >= 4 is 23.4 Å². The van der Waals surface area contributed by atoms with Gasteiger partial charge in [0.1, 0.15) is 5.82 Å². The fourth-order valence-corrected chi connectivity index (χ4v) is 3.06. The topological polar surface area (TPSA) is 59.8 Å². The second kappa shape index (κ2) is 7.25. The maximum absolute atomic E-state index is 12.7. The van der Waals surface area contributed by atoms with E-state index < -0.39 is 17.6 Å². The number of benzene rings is 1. The molecule has 130 valence electrons. The van der Waals surface area contributed by atoms with E-state index in [1.807, 2.05) is 25.3 Å². The first-order chi connectivity index (χ1) is 11.2. The van der Waals surface area contributed by atoms with Crippen molar-refractivity contribution in [3.8, 4) is 0 Å². The van der Waals surface area contributed by atoms with Crippen LogP contribution in [0.25, 0.3) is 0 Å². The lowest BCUT2D eigenvalue weighted by molar-refractivity contribution is -0.137. The zero-order chi connectivity index (χ0) is 17.9. The molecule has 0 aliphatic carbocycles. The van der Waals surface area contributed by atoms with Crippen molar-refractivity contribution in [3.63, 3.8) is 0 Å². The van der Waals surface area contributed by atoms with Gasteiger partial charge in [-0.1, -0.05) is 17.8 Å². The Morgan fingerprint density at radius 2 is 2.04 bits per heavy atom. The fraction of sp³-hybridized carbons (Fsp3) is 0.400. The average molecular weight is 358 g/mol. The first-order valence-corrected chi connectivity index (χ1v) is 8.18. The fourth-order valence-electron chi connectivity index (χ4n) is 2.14. The number of nitrogens with one attached hydrogen (secondary N) is 1. The van der Waals surface area contributed by atoms with Crippen LogP contribution < -0.4 is 5.32 Å². The first-order valence-electron chi connectivity index (χ1n) is 7.20. The van der Waals surface area contributed by atoms with Crippen LogP contribution in [0.1, 0.15) is 31.3 Å². The Morgan fingerprint density at radius 1 is 1.33 bits per heavy atom. The van der Waals surface area contributed by atoms with E-state index in [0.29, 0.717) is 5.16 Å². The summed E-state index contributed by atoms with van der Waals surface area (Å²) in [5.41, 5.74) is -0.694. The Hall–Kier alpha value is -2.03. The molecule has 0 aliphatic rings. The largest absolute Gasteiger partial charge is 0.416 e. The second-order valence-electron chi connectivity index (χ2n) is 5.41. The van der Waals surface area contributed by atoms with E-state index in [4.69, 9.17) is 0 Å². The van der Waals surface area contributed by atoms with Crippen molar-refractivity contribution in [1.29, 1.82) is 0 Å². The molecule has 9 heteroatoms. The first kappa shape index (κ1) is 18.3. The number of alkyl halides is 3. The molecule has 0 radical (unpaired) electrons. The summed E-state index contributed by atoms with van der Waals surface area (Å²) in [7, 11) is 0. The summed E-state index contributed by atoms with van der Waals surface area (Å²) in [6, 6.07) is 4.68. The molecule has 0 unspecified atom stereocenters. The van der Waals surface area contributed by atoms with E-state index in [-0.39, 0.29) is 17.5 Å². The third-order valence-corrected chi connectivity index (χ3v) is 4.10. The molecular weight excluding hydrogens is 341 g/mol. The van der Waals surface area contributed by atoms with Gasteiger partial charge in [0.2, 0.25) is 5.91 Å². The molecule has 0 bridgehead atoms. The van der Waals surface area contributed by atoms with Gasteiger partial charge in [0.25, 0.3) is 0 Å². The van der Waals surface area contributed by atoms with Gasteiger partial charge >= 0.3 is 6.18 Å². The molecule has 24 heavy (non-hydrogen) atoms. The molecule has 0 fully saturated rings. The monoisotopic (exact) mass is 358 g/mol. The van der Waals surface area contributed by atoms with Crippen LogP contribution in [-0.4, -0.2) is 26.4 Å². The Bertz CT molecular complexity index is 728. The highest BCUT2D eigenvalue weighted by molar-refractivity contribution is 7.99. The molecule has 1 heterocycles. The number of rotatable bonds is 5. The van der Waals surface area contributed by atoms with Crippen LogP contribution in [0, 0.1) is 6.92 Å². The van der Waals surface area contributed by atoms with Crippen LogP contribution in [-0.2, 0) is 11.0 Å². The SMILES string of the molecule is Cc1nnc(SCC(=O)Nc2cccc(C(F)(F)F)c2)n1C(C)C. The minimum atomic E-state index is -4.44. The van der Waals surface area contributed by atoms with Gasteiger partial charge in [-0.3, -0.25) is 4.79 Å². The molecule has 0 spiro atoms. The standard InChI is InChI=1S/C15H17F3N4OS/c1-9(2)22-10(3)20-21-14(22)24-8-13(23)19-12-6-4-5-11(7-12)15(16,17)18/h4-7,9H,8H2,1-3H3,(H,19,23). The van der Waals surface area contributed by atoms with Crippen molar-refractivity contribution < 1.29 is 18.0 Å². The lowest BCUT2D eigenvalue weighted by atomic mass is 10.2. The number of anilines is 1. The van der Waals surface area contributed by atoms with E-state index in [2.05, 4.69) is 15.5 Å². The number of amides is 1. The van der Waals surface area contributed by atoms with Gasteiger partial charge in [-0.15, -0.1) is 10.2 Å². The minimum absolute atomic E-state index is 0.0289. The van der Waals surface area contributed by atoms with Crippen LogP contribution in [0.15, 0.2) is 29.4 Å². The van der Waals surface area contributed by atoms with E-state index in [1.165, 1.54) is 23.9 Å². The van der Waals surface area contributed by atoms with Gasteiger partial charge in [-0.2, -0.15) is 13.2 Å². The molecule has 0 aliphatic heterocycles. The van der Waals surface area contributed by atoms with Crippen LogP contribution >= 0.6 is 11.8 Å². The Balaban J connectivity index is 2.00. The Morgan fingerprint density at radius 3 is 2.67 bits per heavy atom. The van der Waals surface area contributed by atoms with Gasteiger partial charge in [0.05, 0.1) is 11.3 Å². The number of aryl methyl sites for hydroxylation is 1. The lowest BCUT2D eigenvalue weighted by Gasteiger charge is -2.12. The molecule has 1 aromatic heterocycles. The minimum Gasteiger partial charge on any atom is -0.325 e. The van der Waals surface area contributed by atoms with Crippen molar-refractivity contribution in [3.05, 3.63) is 35.7 Å². The zero-order valence-electron chi connectivity index (χ0n) is 13.4. The van der Waals surface area contributed by atoms with Crippen LogP contribution in [0.2, 0.25) is 0 Å². The molecule has 2 aromatic rings. The maximum Gasteiger partial charge on any atom is 0.416 e. The normalized spacial score (nSPS) is 11.8. The molecule has 1 amide bonds. The molecule has 2 rings (SSSR count). The highest BCUT2D eigenvalue weighted by Gasteiger charge is 2.30. The average Bonchev–Trinajstić information content (AvgIpc) is 2.85. The zero-order valence-corrected chi connectivity index (χ0v) is 14.2. The predicted octanol–water partition coefficient (Wildman–Crippen LogP) is 3.92. The second-order valence-corrected chi connectivity index (χ2v) is 6.35. The van der Waals surface area contributed by atoms with Gasteiger partial charge in [0, 0.05) is 11.7 Å². The summed E-state index contributed by atoms with van der Waals surface area (Å²) in [6.07, 6.45) is -4.44. The predicted molar refractivity (Wildman–Crippen MR) is 85.9 cm³/mol. The van der Waals surface area contributed by atoms with Crippen LogP contribution in [0.3, 0.4) is 0 Å². The quantitative estimate of drug-likeness (QED) is 0.823. The van der Waals surface area contributed by atoms with E-state index in [9.17, 15) is 18.0 Å². The molecule has 0 saturated heterocycles. The van der Waals surface area contributed by atoms with Gasteiger partial charge in [0.15, 0.2) is 5.16 Å². The number of aromatic nitrogens is 3. The number of carbonyl (C=O) groups is 1. The third kappa shape index (κ3) is 4.50. The van der Waals surface area contributed by atoms with E-state index in [1.54, 1.807) is 0 Å². The summed E-state index contributed by atoms with van der Waals surface area (Å²) in [4.78, 5) is 12.0. The number of hydrogen-bond acceptors (Lipinski definition) is 4. The molecular formula is C15H17F3N4OS. The molecule has 1 aromatic carbocycles.